The van der Waals surface area contributed by atoms with E-state index in [1.807, 2.05) is 0 Å². The molecule has 0 radical (unpaired) electrons. The predicted octanol–water partition coefficient (Wildman–Crippen LogP) is 2.98. The summed E-state index contributed by atoms with van der Waals surface area (Å²) < 4.78 is 32.2. The molecule has 1 saturated heterocycles. The van der Waals surface area contributed by atoms with Gasteiger partial charge < -0.3 is 10.1 Å². The Hall–Kier alpha value is -2.28. The average Bonchev–Trinajstić information content (AvgIpc) is 3.51. The number of imide groups is 1. The molecule has 2 aromatic heterocycles. The number of carbonyl (C=O) groups excluding carboxylic acids is 3. The predicted molar refractivity (Wildman–Crippen MR) is 121 cm³/mol. The van der Waals surface area contributed by atoms with Crippen molar-refractivity contribution < 1.29 is 27.5 Å². The molecule has 2 N–H and O–H groups in total. The summed E-state index contributed by atoms with van der Waals surface area (Å²) in [5.41, 5.74) is 1.08. The van der Waals surface area contributed by atoms with Gasteiger partial charge in [0.15, 0.2) is 0 Å². The highest BCUT2D eigenvalue weighted by atomic mass is 32.2. The van der Waals surface area contributed by atoms with Crippen molar-refractivity contribution in [2.75, 3.05) is 18.5 Å². The van der Waals surface area contributed by atoms with Crippen LogP contribution in [0.1, 0.15) is 47.0 Å². The third kappa shape index (κ3) is 4.32. The number of nitrogens with zero attached hydrogens (tertiary/aromatic N) is 1. The monoisotopic (exact) mass is 497 g/mol. The zero-order valence-corrected chi connectivity index (χ0v) is 19.8. The average molecular weight is 498 g/mol. The molecule has 0 aromatic carbocycles. The number of thiophene rings is 2. The van der Waals surface area contributed by atoms with Crippen molar-refractivity contribution in [1.29, 1.82) is 0 Å². The Kier molecular flexibility index (Phi) is 6.65. The van der Waals surface area contributed by atoms with Crippen LogP contribution in [0.15, 0.2) is 21.7 Å². The highest BCUT2D eigenvalue weighted by molar-refractivity contribution is 7.91. The van der Waals surface area contributed by atoms with E-state index in [1.54, 1.807) is 18.4 Å². The van der Waals surface area contributed by atoms with Gasteiger partial charge in [0.25, 0.3) is 15.9 Å². The number of alkyl carbamates (subject to hydrolysis) is 1. The molecule has 1 atom stereocenters. The van der Waals surface area contributed by atoms with E-state index in [4.69, 9.17) is 4.74 Å². The molecule has 2 aromatic rings. The summed E-state index contributed by atoms with van der Waals surface area (Å²) in [5, 5.41) is 6.99. The van der Waals surface area contributed by atoms with Crippen molar-refractivity contribution >= 4 is 55.6 Å². The van der Waals surface area contributed by atoms with Crippen molar-refractivity contribution in [3.05, 3.63) is 33.5 Å². The van der Waals surface area contributed by atoms with Crippen LogP contribution in [0.3, 0.4) is 0 Å². The fourth-order valence-corrected chi connectivity index (χ4v) is 8.13. The molecule has 1 fully saturated rings. The van der Waals surface area contributed by atoms with Crippen LogP contribution in [-0.2, 0) is 32.4 Å². The summed E-state index contributed by atoms with van der Waals surface area (Å²) >= 11 is 2.41. The van der Waals surface area contributed by atoms with Gasteiger partial charge in [-0.25, -0.2) is 13.2 Å². The minimum absolute atomic E-state index is 0.126. The molecule has 1 unspecified atom stereocenters. The van der Waals surface area contributed by atoms with Crippen LogP contribution in [0, 0.1) is 0 Å². The van der Waals surface area contributed by atoms with Crippen LogP contribution >= 0.6 is 22.7 Å². The Bertz CT molecular complexity index is 1140. The van der Waals surface area contributed by atoms with Gasteiger partial charge in [-0.1, -0.05) is 6.07 Å². The number of amides is 3. The standard InChI is InChI=1S/C20H23N3O6S3/c1-2-29-20(26)22-18(25)16-12-6-3-8-14(12)31-19(16)21-17(24)13-7-4-10-23(13)32(27,28)15-9-5-11-30-15/h5,9,11,13H,2-4,6-8,10H2,1H3,(H,21,24)(H,22,25,26). The first-order valence-corrected chi connectivity index (χ1v) is 13.5. The largest absolute Gasteiger partial charge is 0.450 e. The van der Waals surface area contributed by atoms with Crippen molar-refractivity contribution in [3.63, 3.8) is 0 Å². The van der Waals surface area contributed by atoms with E-state index in [9.17, 15) is 22.8 Å². The lowest BCUT2D eigenvalue weighted by Gasteiger charge is -2.22. The molecule has 0 saturated carbocycles. The molecule has 172 valence electrons. The van der Waals surface area contributed by atoms with Crippen LogP contribution in [0.25, 0.3) is 0 Å². The van der Waals surface area contributed by atoms with E-state index < -0.39 is 34.0 Å². The maximum Gasteiger partial charge on any atom is 0.414 e. The van der Waals surface area contributed by atoms with E-state index in [0.717, 1.165) is 34.6 Å². The normalized spacial score (nSPS) is 18.3. The molecule has 3 heterocycles. The number of nitrogens with one attached hydrogen (secondary N) is 2. The van der Waals surface area contributed by atoms with E-state index in [0.29, 0.717) is 24.3 Å². The quantitative estimate of drug-likeness (QED) is 0.633. The first-order valence-electron chi connectivity index (χ1n) is 10.3. The fourth-order valence-electron chi connectivity index (χ4n) is 4.07. The first-order chi connectivity index (χ1) is 15.3. The van der Waals surface area contributed by atoms with Gasteiger partial charge in [-0.3, -0.25) is 14.9 Å². The Morgan fingerprint density at radius 2 is 2.06 bits per heavy atom. The molecular weight excluding hydrogens is 474 g/mol. The van der Waals surface area contributed by atoms with Crippen LogP contribution < -0.4 is 10.6 Å². The number of hydrogen-bond donors (Lipinski definition) is 2. The number of anilines is 1. The molecule has 0 spiro atoms. The van der Waals surface area contributed by atoms with E-state index in [1.165, 1.54) is 21.7 Å². The molecule has 1 aliphatic carbocycles. The van der Waals surface area contributed by atoms with Crippen LogP contribution in [0.5, 0.6) is 0 Å². The van der Waals surface area contributed by atoms with Crippen molar-refractivity contribution in [1.82, 2.24) is 9.62 Å². The van der Waals surface area contributed by atoms with E-state index >= 15 is 0 Å². The second kappa shape index (κ2) is 9.30. The van der Waals surface area contributed by atoms with Gasteiger partial charge in [0.1, 0.15) is 15.3 Å². The molecule has 12 heteroatoms. The summed E-state index contributed by atoms with van der Waals surface area (Å²) in [4.78, 5) is 38.7. The molecule has 2 aliphatic rings. The van der Waals surface area contributed by atoms with Crippen molar-refractivity contribution in [2.45, 2.75) is 49.3 Å². The Morgan fingerprint density at radius 1 is 1.25 bits per heavy atom. The zero-order valence-electron chi connectivity index (χ0n) is 17.4. The Morgan fingerprint density at radius 3 is 2.78 bits per heavy atom. The molecule has 9 nitrogen and oxygen atoms in total. The molecule has 3 amide bonds. The third-order valence-electron chi connectivity index (χ3n) is 5.44. The van der Waals surface area contributed by atoms with Gasteiger partial charge in [0.05, 0.1) is 12.2 Å². The molecule has 4 rings (SSSR count). The molecule has 1 aliphatic heterocycles. The van der Waals surface area contributed by atoms with E-state index in [2.05, 4.69) is 10.6 Å². The highest BCUT2D eigenvalue weighted by Crippen LogP contribution is 2.39. The topological polar surface area (TPSA) is 122 Å². The lowest BCUT2D eigenvalue weighted by atomic mass is 10.1. The van der Waals surface area contributed by atoms with Crippen LogP contribution in [0.4, 0.5) is 9.80 Å². The summed E-state index contributed by atoms with van der Waals surface area (Å²) in [6, 6.07) is 2.32. The van der Waals surface area contributed by atoms with Crippen molar-refractivity contribution in [2.24, 2.45) is 0 Å². The summed E-state index contributed by atoms with van der Waals surface area (Å²) in [6.07, 6.45) is 2.47. The van der Waals surface area contributed by atoms with Gasteiger partial charge in [0.2, 0.25) is 5.91 Å². The van der Waals surface area contributed by atoms with Gasteiger partial charge in [-0.2, -0.15) is 4.31 Å². The van der Waals surface area contributed by atoms with Crippen LogP contribution in [-0.4, -0.2) is 49.8 Å². The molecular formula is C20H23N3O6S3. The second-order valence-corrected chi connectivity index (χ2v) is 11.6. The summed E-state index contributed by atoms with van der Waals surface area (Å²) in [7, 11) is -3.77. The summed E-state index contributed by atoms with van der Waals surface area (Å²) in [5.74, 6) is -1.11. The summed E-state index contributed by atoms with van der Waals surface area (Å²) in [6.45, 7) is 2.02. The number of fused-ring (bicyclic) bond motifs is 1. The smallest absolute Gasteiger partial charge is 0.414 e. The number of sulfonamides is 1. The third-order valence-corrected chi connectivity index (χ3v) is 9.93. The number of hydrogen-bond acceptors (Lipinski definition) is 8. The van der Waals surface area contributed by atoms with Crippen molar-refractivity contribution in [3.8, 4) is 0 Å². The highest BCUT2D eigenvalue weighted by Gasteiger charge is 2.40. The fraction of sp³-hybridized carbons (Fsp3) is 0.450. The molecule has 0 bridgehead atoms. The zero-order chi connectivity index (χ0) is 22.9. The Labute approximate surface area is 193 Å². The van der Waals surface area contributed by atoms with Gasteiger partial charge in [-0.05, 0) is 56.0 Å². The molecule has 32 heavy (non-hydrogen) atoms. The lowest BCUT2D eigenvalue weighted by Crippen LogP contribution is -2.43. The van der Waals surface area contributed by atoms with Crippen LogP contribution in [0.2, 0.25) is 0 Å². The number of rotatable bonds is 6. The first kappa shape index (κ1) is 22.9. The second-order valence-electron chi connectivity index (χ2n) is 7.43. The van der Waals surface area contributed by atoms with E-state index in [-0.39, 0.29) is 22.9 Å². The number of ether oxygens (including phenoxy) is 1. The number of aryl methyl sites for hydroxylation is 1. The maximum absolute atomic E-state index is 13.1. The van der Waals surface area contributed by atoms with Gasteiger partial charge in [0, 0.05) is 11.4 Å². The SMILES string of the molecule is CCOC(=O)NC(=O)c1c(NC(=O)C2CCCN2S(=O)(=O)c2cccs2)sc2c1CCC2. The minimum Gasteiger partial charge on any atom is -0.450 e. The minimum atomic E-state index is -3.77. The van der Waals surface area contributed by atoms with Gasteiger partial charge in [-0.15, -0.1) is 22.7 Å². The van der Waals surface area contributed by atoms with Gasteiger partial charge >= 0.3 is 6.09 Å². The maximum atomic E-state index is 13.1. The number of carbonyl (C=O) groups is 3. The lowest BCUT2D eigenvalue weighted by molar-refractivity contribution is -0.119. The Balaban J connectivity index is 1.57.